The van der Waals surface area contributed by atoms with Gasteiger partial charge in [-0.25, -0.2) is 34.5 Å². The van der Waals surface area contributed by atoms with Gasteiger partial charge in [-0.2, -0.15) is 5.01 Å². The molecule has 0 aliphatic heterocycles. The SMILES string of the molecule is CCNC(=O)N(c1nc2cc(-c3cccnc3)cc(-c3cnc(N)nc3)c2s1)N(CC)C(=O)Nc1nc2cc(-c3ccc(C)nc3)cc(-c3ccccn3)c2s1. The highest BCUT2D eigenvalue weighted by molar-refractivity contribution is 7.23. The molecule has 278 valence electrons. The minimum Gasteiger partial charge on any atom is -0.368 e. The summed E-state index contributed by atoms with van der Waals surface area (Å²) in [7, 11) is 0. The van der Waals surface area contributed by atoms with Gasteiger partial charge in [-0.05, 0) is 80.4 Å². The van der Waals surface area contributed by atoms with Crippen molar-refractivity contribution in [3.8, 4) is 44.6 Å². The van der Waals surface area contributed by atoms with E-state index in [9.17, 15) is 9.59 Å². The summed E-state index contributed by atoms with van der Waals surface area (Å²) in [6.45, 7) is 6.00. The largest absolute Gasteiger partial charge is 0.368 e. The number of rotatable bonds is 8. The van der Waals surface area contributed by atoms with Crippen LogP contribution >= 0.6 is 22.7 Å². The lowest BCUT2D eigenvalue weighted by atomic mass is 10.0. The van der Waals surface area contributed by atoms with Crippen molar-refractivity contribution in [2.45, 2.75) is 20.8 Å². The van der Waals surface area contributed by atoms with E-state index >= 15 is 0 Å². The van der Waals surface area contributed by atoms with Crippen molar-refractivity contribution in [1.82, 2.24) is 45.2 Å². The monoisotopic (exact) mass is 778 g/mol. The van der Waals surface area contributed by atoms with E-state index < -0.39 is 12.1 Å². The first-order chi connectivity index (χ1) is 27.3. The van der Waals surface area contributed by atoms with Crippen molar-refractivity contribution >= 4 is 71.4 Å². The molecule has 14 nitrogen and oxygen atoms in total. The third-order valence-corrected chi connectivity index (χ3v) is 10.9. The number of aromatic nitrogens is 7. The molecule has 0 atom stereocenters. The van der Waals surface area contributed by atoms with Gasteiger partial charge >= 0.3 is 12.1 Å². The van der Waals surface area contributed by atoms with E-state index in [1.54, 1.807) is 37.9 Å². The lowest BCUT2D eigenvalue weighted by molar-refractivity contribution is 0.200. The highest BCUT2D eigenvalue weighted by Crippen LogP contribution is 2.41. The van der Waals surface area contributed by atoms with Gasteiger partial charge < -0.3 is 11.1 Å². The van der Waals surface area contributed by atoms with E-state index in [2.05, 4.69) is 41.6 Å². The van der Waals surface area contributed by atoms with Crippen LogP contribution in [0.4, 0.5) is 25.8 Å². The second-order valence-corrected chi connectivity index (χ2v) is 14.5. The summed E-state index contributed by atoms with van der Waals surface area (Å²) >= 11 is 2.59. The van der Waals surface area contributed by atoms with E-state index in [1.165, 1.54) is 32.7 Å². The van der Waals surface area contributed by atoms with Crippen LogP contribution < -0.4 is 21.4 Å². The predicted molar refractivity (Wildman–Crippen MR) is 222 cm³/mol. The van der Waals surface area contributed by atoms with E-state index in [0.29, 0.717) is 28.3 Å². The van der Waals surface area contributed by atoms with Crippen molar-refractivity contribution < 1.29 is 9.59 Å². The Labute approximate surface area is 329 Å². The van der Waals surface area contributed by atoms with E-state index in [1.807, 2.05) is 80.7 Å². The number of hydrogen-bond donors (Lipinski definition) is 3. The fourth-order valence-corrected chi connectivity index (χ4v) is 8.21. The van der Waals surface area contributed by atoms with Gasteiger partial charge in [0.2, 0.25) is 11.1 Å². The van der Waals surface area contributed by atoms with Gasteiger partial charge in [0.25, 0.3) is 0 Å². The normalized spacial score (nSPS) is 11.1. The van der Waals surface area contributed by atoms with Crippen LogP contribution in [0, 0.1) is 6.92 Å². The van der Waals surface area contributed by atoms with Crippen molar-refractivity contribution in [1.29, 1.82) is 0 Å². The fourth-order valence-electron chi connectivity index (χ4n) is 6.16. The van der Waals surface area contributed by atoms with Crippen molar-refractivity contribution in [2.24, 2.45) is 0 Å². The third-order valence-electron chi connectivity index (χ3n) is 8.82. The quantitative estimate of drug-likeness (QED) is 0.127. The van der Waals surface area contributed by atoms with Crippen molar-refractivity contribution in [2.75, 3.05) is 29.1 Å². The van der Waals surface area contributed by atoms with Crippen LogP contribution in [0.2, 0.25) is 0 Å². The Kier molecular flexibility index (Phi) is 9.95. The van der Waals surface area contributed by atoms with E-state index in [-0.39, 0.29) is 17.6 Å². The number of carbonyl (C=O) groups excluding carboxylic acids is 2. The maximum absolute atomic E-state index is 14.3. The number of thiazole rings is 2. The van der Waals surface area contributed by atoms with E-state index in [4.69, 9.17) is 15.7 Å². The highest BCUT2D eigenvalue weighted by Gasteiger charge is 2.31. The Hall–Kier alpha value is -6.91. The molecule has 0 saturated carbocycles. The number of hydrazine groups is 1. The summed E-state index contributed by atoms with van der Waals surface area (Å²) in [5.41, 5.74) is 14.7. The van der Waals surface area contributed by atoms with E-state index in [0.717, 1.165) is 54.2 Å². The number of hydrogen-bond acceptors (Lipinski definition) is 12. The number of aryl methyl sites for hydroxylation is 1. The highest BCUT2D eigenvalue weighted by atomic mass is 32.1. The average molecular weight is 779 g/mol. The number of pyridine rings is 3. The molecule has 8 rings (SSSR count). The zero-order valence-electron chi connectivity index (χ0n) is 30.5. The first-order valence-electron chi connectivity index (χ1n) is 17.7. The minimum atomic E-state index is -0.567. The Balaban J connectivity index is 1.19. The number of amides is 4. The molecule has 0 bridgehead atoms. The molecular formula is C40H34N12O2S2. The summed E-state index contributed by atoms with van der Waals surface area (Å²) in [6.07, 6.45) is 10.3. The maximum Gasteiger partial charge on any atom is 0.343 e. The van der Waals surface area contributed by atoms with Crippen LogP contribution in [0.5, 0.6) is 0 Å². The summed E-state index contributed by atoms with van der Waals surface area (Å²) in [4.78, 5) is 59.8. The molecule has 0 unspecified atom stereocenters. The molecule has 4 amide bonds. The molecule has 0 radical (unpaired) electrons. The van der Waals surface area contributed by atoms with Crippen molar-refractivity contribution in [3.63, 3.8) is 0 Å². The van der Waals surface area contributed by atoms with Crippen LogP contribution in [-0.4, -0.2) is 65.0 Å². The average Bonchev–Trinajstić information content (AvgIpc) is 3.84. The summed E-state index contributed by atoms with van der Waals surface area (Å²) in [6, 6.07) is 20.4. The molecular weight excluding hydrogens is 745 g/mol. The van der Waals surface area contributed by atoms with Gasteiger partial charge in [-0.15, -0.1) is 0 Å². The molecule has 56 heavy (non-hydrogen) atoms. The number of urea groups is 2. The molecule has 0 saturated heterocycles. The third kappa shape index (κ3) is 7.17. The van der Waals surface area contributed by atoms with Gasteiger partial charge in [0, 0.05) is 83.8 Å². The van der Waals surface area contributed by atoms with Crippen LogP contribution in [0.1, 0.15) is 19.5 Å². The molecule has 0 spiro atoms. The molecule has 6 heterocycles. The van der Waals surface area contributed by atoms with Gasteiger partial charge in [0.05, 0.1) is 26.1 Å². The van der Waals surface area contributed by atoms with Gasteiger partial charge in [-0.3, -0.25) is 20.3 Å². The molecule has 0 fully saturated rings. The van der Waals surface area contributed by atoms with Crippen LogP contribution in [0.25, 0.3) is 65.1 Å². The zero-order chi connectivity index (χ0) is 38.8. The summed E-state index contributed by atoms with van der Waals surface area (Å²) in [5, 5.41) is 9.03. The first kappa shape index (κ1) is 36.1. The number of carbonyl (C=O) groups is 2. The molecule has 2 aromatic carbocycles. The molecule has 0 aliphatic rings. The Morgan fingerprint density at radius 3 is 2.12 bits per heavy atom. The maximum atomic E-state index is 14.3. The predicted octanol–water partition coefficient (Wildman–Crippen LogP) is 8.44. The summed E-state index contributed by atoms with van der Waals surface area (Å²) < 4.78 is 1.61. The first-order valence-corrected chi connectivity index (χ1v) is 19.3. The van der Waals surface area contributed by atoms with Gasteiger partial charge in [0.15, 0.2) is 5.13 Å². The van der Waals surface area contributed by atoms with Crippen LogP contribution in [-0.2, 0) is 0 Å². The van der Waals surface area contributed by atoms with Crippen molar-refractivity contribution in [3.05, 3.63) is 110 Å². The summed E-state index contributed by atoms with van der Waals surface area (Å²) in [5.74, 6) is 0.149. The number of nitrogens with two attached hydrogens (primary N) is 1. The minimum absolute atomic E-state index is 0.132. The number of fused-ring (bicyclic) bond motifs is 2. The molecule has 6 aromatic heterocycles. The molecule has 0 aliphatic carbocycles. The van der Waals surface area contributed by atoms with Crippen LogP contribution in [0.15, 0.2) is 104 Å². The lowest BCUT2D eigenvalue weighted by Crippen LogP contribution is -2.55. The van der Waals surface area contributed by atoms with Crippen LogP contribution in [0.3, 0.4) is 0 Å². The zero-order valence-corrected chi connectivity index (χ0v) is 32.1. The lowest BCUT2D eigenvalue weighted by Gasteiger charge is -2.31. The van der Waals surface area contributed by atoms with Gasteiger partial charge in [-0.1, -0.05) is 40.9 Å². The standard InChI is InChI=1S/C40H34N12O2S2/c1-4-43-38(53)52(40-49-33-18-26(24-9-8-13-42-19-24)15-29(34(33)56-40)28-21-46-36(41)47-22-28)51(5-2)39(54)50-37-48-32-17-27(25-12-11-23(3)45-20-25)16-30(35(32)55-37)31-10-6-7-14-44-31/h6-22H,4-5H2,1-3H3,(H,43,53)(H2,41,46,47)(H,48,50,54). The second-order valence-electron chi connectivity index (χ2n) is 12.5. The number of nitrogens with one attached hydrogen (secondary N) is 2. The number of benzene rings is 2. The molecule has 16 heteroatoms. The Bertz CT molecular complexity index is 2690. The molecule has 4 N–H and O–H groups in total. The molecule has 8 aromatic rings. The smallest absolute Gasteiger partial charge is 0.343 e. The second kappa shape index (κ2) is 15.4. The fraction of sp³-hybridized carbons (Fsp3) is 0.125. The topological polar surface area (TPSA) is 181 Å². The Morgan fingerprint density at radius 1 is 0.714 bits per heavy atom. The Morgan fingerprint density at radius 2 is 1.45 bits per heavy atom. The van der Waals surface area contributed by atoms with Gasteiger partial charge in [0.1, 0.15) is 0 Å². The number of anilines is 3. The number of nitrogens with zero attached hydrogens (tertiary/aromatic N) is 9. The number of nitrogen functional groups attached to an aromatic ring is 1.